The Hall–Kier alpha value is -0.340. The highest BCUT2D eigenvalue weighted by Crippen LogP contribution is 2.28. The van der Waals surface area contributed by atoms with Gasteiger partial charge in [0.15, 0.2) is 0 Å². The zero-order valence-electron chi connectivity index (χ0n) is 12.3. The molecule has 0 aliphatic carbocycles. The van der Waals surface area contributed by atoms with E-state index in [1.54, 1.807) is 0 Å². The van der Waals surface area contributed by atoms with Gasteiger partial charge >= 0.3 is 0 Å². The molecule has 0 heterocycles. The summed E-state index contributed by atoms with van der Waals surface area (Å²) in [7, 11) is 0. The Balaban J connectivity index is 4.60. The van der Waals surface area contributed by atoms with Crippen LogP contribution in [0.4, 0.5) is 0 Å². The molecule has 1 atom stereocenters. The van der Waals surface area contributed by atoms with E-state index in [1.165, 1.54) is 0 Å². The van der Waals surface area contributed by atoms with Crippen LogP contribution in [0.5, 0.6) is 0 Å². The van der Waals surface area contributed by atoms with Gasteiger partial charge in [0.1, 0.15) is 0 Å². The smallest absolute Gasteiger partial charge is 0.0939 e. The second-order valence-corrected chi connectivity index (χ2v) is 4.59. The first-order chi connectivity index (χ1) is 8.10. The Labute approximate surface area is 107 Å². The average Bonchev–Trinajstić information content (AvgIpc) is 2.37. The lowest BCUT2D eigenvalue weighted by Crippen LogP contribution is -2.45. The van der Waals surface area contributed by atoms with Crippen LogP contribution in [0.1, 0.15) is 60.3 Å². The summed E-state index contributed by atoms with van der Waals surface area (Å²) in [5.74, 6) is 0. The van der Waals surface area contributed by atoms with Crippen molar-refractivity contribution in [2.75, 3.05) is 6.61 Å². The second-order valence-electron chi connectivity index (χ2n) is 4.59. The molecule has 0 bridgehead atoms. The van der Waals surface area contributed by atoms with Crippen LogP contribution in [0.25, 0.3) is 0 Å². The van der Waals surface area contributed by atoms with E-state index in [1.807, 2.05) is 6.08 Å². The van der Waals surface area contributed by atoms with Crippen LogP contribution >= 0.6 is 0 Å². The molecule has 0 spiro atoms. The molecule has 0 rings (SSSR count). The van der Waals surface area contributed by atoms with E-state index in [0.29, 0.717) is 12.7 Å². The van der Waals surface area contributed by atoms with E-state index in [-0.39, 0.29) is 11.7 Å². The van der Waals surface area contributed by atoms with Gasteiger partial charge < -0.3 is 9.47 Å². The molecular weight excluding hydrogens is 212 g/mol. The van der Waals surface area contributed by atoms with Crippen LogP contribution in [0.3, 0.4) is 0 Å². The third-order valence-electron chi connectivity index (χ3n) is 3.73. The normalized spacial score (nSPS) is 14.0. The Morgan fingerprint density at radius 2 is 1.65 bits per heavy atom. The van der Waals surface area contributed by atoms with Crippen molar-refractivity contribution in [2.24, 2.45) is 0 Å². The lowest BCUT2D eigenvalue weighted by Gasteiger charge is -2.38. The van der Waals surface area contributed by atoms with Crippen LogP contribution in [0, 0.1) is 0 Å². The Morgan fingerprint density at radius 3 is 2.00 bits per heavy atom. The molecule has 0 saturated carbocycles. The fourth-order valence-corrected chi connectivity index (χ4v) is 2.27. The summed E-state index contributed by atoms with van der Waals surface area (Å²) in [6.07, 6.45) is 6.34. The fraction of sp³-hybridized carbons (Fsp3) is 0.867. The number of hydrogen-bond donors (Lipinski definition) is 0. The van der Waals surface area contributed by atoms with Gasteiger partial charge in [-0.2, -0.15) is 0 Å². The molecule has 0 saturated heterocycles. The molecular formula is C15H30O2. The van der Waals surface area contributed by atoms with Crippen molar-refractivity contribution >= 4 is 0 Å². The van der Waals surface area contributed by atoms with Crippen LogP contribution in [0.2, 0.25) is 0 Å². The summed E-state index contributed by atoms with van der Waals surface area (Å²) in [6, 6.07) is 0. The molecule has 0 radical (unpaired) electrons. The summed E-state index contributed by atoms with van der Waals surface area (Å²) in [4.78, 5) is 0. The molecule has 0 N–H and O–H groups in total. The van der Waals surface area contributed by atoms with E-state index in [2.05, 4.69) is 41.2 Å². The number of ether oxygens (including phenoxy) is 2. The molecule has 1 unspecified atom stereocenters. The van der Waals surface area contributed by atoms with Crippen LogP contribution in [-0.2, 0) is 9.47 Å². The maximum absolute atomic E-state index is 6.13. The van der Waals surface area contributed by atoms with E-state index in [9.17, 15) is 0 Å². The highest BCUT2D eigenvalue weighted by atomic mass is 16.6. The monoisotopic (exact) mass is 242 g/mol. The van der Waals surface area contributed by atoms with E-state index in [4.69, 9.17) is 9.47 Å². The zero-order valence-corrected chi connectivity index (χ0v) is 12.3. The van der Waals surface area contributed by atoms with Gasteiger partial charge in [-0.05, 0) is 32.6 Å². The lowest BCUT2D eigenvalue weighted by atomic mass is 9.91. The molecule has 0 fully saturated rings. The van der Waals surface area contributed by atoms with Crippen molar-refractivity contribution in [1.82, 2.24) is 0 Å². The van der Waals surface area contributed by atoms with Crippen molar-refractivity contribution < 1.29 is 9.47 Å². The summed E-state index contributed by atoms with van der Waals surface area (Å²) >= 11 is 0. The van der Waals surface area contributed by atoms with Gasteiger partial charge in [0, 0.05) is 0 Å². The predicted molar refractivity (Wildman–Crippen MR) is 74.4 cm³/mol. The van der Waals surface area contributed by atoms with Gasteiger partial charge in [-0.3, -0.25) is 0 Å². The summed E-state index contributed by atoms with van der Waals surface area (Å²) < 4.78 is 12.1. The van der Waals surface area contributed by atoms with Gasteiger partial charge in [-0.25, -0.2) is 0 Å². The molecule has 17 heavy (non-hydrogen) atoms. The van der Waals surface area contributed by atoms with Crippen molar-refractivity contribution in [3.05, 3.63) is 12.7 Å². The van der Waals surface area contributed by atoms with Gasteiger partial charge in [0.05, 0.1) is 24.4 Å². The summed E-state index contributed by atoms with van der Waals surface area (Å²) in [5, 5.41) is 0. The molecule has 102 valence electrons. The van der Waals surface area contributed by atoms with E-state index >= 15 is 0 Å². The summed E-state index contributed by atoms with van der Waals surface area (Å²) in [6.45, 7) is 15.1. The van der Waals surface area contributed by atoms with Crippen LogP contribution in [-0.4, -0.2) is 24.4 Å². The van der Waals surface area contributed by atoms with Gasteiger partial charge in [0.2, 0.25) is 0 Å². The molecule has 0 aromatic rings. The molecule has 2 heteroatoms. The molecule has 0 aliphatic heterocycles. The lowest BCUT2D eigenvalue weighted by molar-refractivity contribution is -0.157. The highest BCUT2D eigenvalue weighted by Gasteiger charge is 2.35. The van der Waals surface area contributed by atoms with Crippen LogP contribution in [0.15, 0.2) is 12.7 Å². The largest absolute Gasteiger partial charge is 0.372 e. The summed E-state index contributed by atoms with van der Waals surface area (Å²) in [5.41, 5.74) is -0.170. The maximum atomic E-state index is 6.13. The van der Waals surface area contributed by atoms with Crippen molar-refractivity contribution in [3.8, 4) is 0 Å². The Bertz CT molecular complexity index is 193. The van der Waals surface area contributed by atoms with Gasteiger partial charge in [-0.15, -0.1) is 6.58 Å². The fourth-order valence-electron chi connectivity index (χ4n) is 2.27. The van der Waals surface area contributed by atoms with Crippen molar-refractivity contribution in [1.29, 1.82) is 0 Å². The molecule has 0 aliphatic rings. The third kappa shape index (κ3) is 4.81. The van der Waals surface area contributed by atoms with E-state index in [0.717, 1.165) is 25.7 Å². The minimum atomic E-state index is -0.170. The number of hydrogen-bond acceptors (Lipinski definition) is 2. The molecule has 0 amide bonds. The average molecular weight is 242 g/mol. The predicted octanol–water partition coefficient (Wildman–Crippen LogP) is 4.34. The minimum Gasteiger partial charge on any atom is -0.372 e. The first-order valence-corrected chi connectivity index (χ1v) is 7.00. The SMILES string of the molecule is C=CCOC(CC)(CC)C(C)OC(CC)CC. The zero-order chi connectivity index (χ0) is 13.3. The topological polar surface area (TPSA) is 18.5 Å². The first-order valence-electron chi connectivity index (χ1n) is 7.00. The van der Waals surface area contributed by atoms with Crippen LogP contribution < -0.4 is 0 Å². The highest BCUT2D eigenvalue weighted by molar-refractivity contribution is 4.87. The quantitative estimate of drug-likeness (QED) is 0.530. The Morgan fingerprint density at radius 1 is 1.12 bits per heavy atom. The van der Waals surface area contributed by atoms with E-state index < -0.39 is 0 Å². The Kier molecular flexibility index (Phi) is 8.53. The van der Waals surface area contributed by atoms with Crippen molar-refractivity contribution in [3.63, 3.8) is 0 Å². The molecule has 0 aromatic carbocycles. The molecule has 2 nitrogen and oxygen atoms in total. The first kappa shape index (κ1) is 16.7. The minimum absolute atomic E-state index is 0.127. The molecule has 0 aromatic heterocycles. The maximum Gasteiger partial charge on any atom is 0.0939 e. The third-order valence-corrected chi connectivity index (χ3v) is 3.73. The number of rotatable bonds is 10. The van der Waals surface area contributed by atoms with Crippen molar-refractivity contribution in [2.45, 2.75) is 78.1 Å². The van der Waals surface area contributed by atoms with Gasteiger partial charge in [-0.1, -0.05) is 33.8 Å². The standard InChI is InChI=1S/C15H30O2/c1-7-12-16-15(10-4,11-5)13(6)17-14(8-2)9-3/h7,13-14H,1,8-12H2,2-6H3. The van der Waals surface area contributed by atoms with Gasteiger partial charge in [0.25, 0.3) is 0 Å². The second kappa shape index (κ2) is 8.71.